The molecule has 260 valence electrons. The second-order valence-corrected chi connectivity index (χ2v) is 13.9. The Kier molecular flexibility index (Phi) is 7.92. The Morgan fingerprint density at radius 3 is 2.61 bits per heavy atom. The fraction of sp³-hybridized carbons (Fsp3) is 0.324. The van der Waals surface area contributed by atoms with Crippen molar-refractivity contribution in [2.24, 2.45) is 5.92 Å². The van der Waals surface area contributed by atoms with Crippen LogP contribution in [0.5, 0.6) is 0 Å². The zero-order valence-corrected chi connectivity index (χ0v) is 27.8. The van der Waals surface area contributed by atoms with Crippen molar-refractivity contribution in [1.29, 1.82) is 0 Å². The predicted octanol–water partition coefficient (Wildman–Crippen LogP) is 5.48. The quantitative estimate of drug-likeness (QED) is 0.202. The third kappa shape index (κ3) is 5.72. The summed E-state index contributed by atoms with van der Waals surface area (Å²) in [4.78, 5) is 54.9. The number of imide groups is 1. The highest BCUT2D eigenvalue weighted by molar-refractivity contribution is 6.34. The molecule has 14 heteroatoms. The van der Waals surface area contributed by atoms with E-state index in [1.54, 1.807) is 16.9 Å². The lowest BCUT2D eigenvalue weighted by Gasteiger charge is -2.40. The predicted molar refractivity (Wildman–Crippen MR) is 182 cm³/mol. The van der Waals surface area contributed by atoms with Crippen LogP contribution in [0, 0.1) is 17.8 Å². The third-order valence-corrected chi connectivity index (χ3v) is 10.6. The molecule has 8 rings (SSSR count). The molecule has 1 saturated carbocycles. The van der Waals surface area contributed by atoms with E-state index >= 15 is 0 Å². The van der Waals surface area contributed by atoms with Gasteiger partial charge in [-0.1, -0.05) is 35.6 Å². The second-order valence-electron chi connectivity index (χ2n) is 13.5. The molecule has 4 aromatic rings. The summed E-state index contributed by atoms with van der Waals surface area (Å²) >= 11 is 6.09. The van der Waals surface area contributed by atoms with E-state index in [2.05, 4.69) is 32.5 Å². The summed E-state index contributed by atoms with van der Waals surface area (Å²) in [5.41, 5.74) is 1.14. The summed E-state index contributed by atoms with van der Waals surface area (Å²) in [6, 6.07) is 11.3. The van der Waals surface area contributed by atoms with E-state index in [0.717, 1.165) is 59.6 Å². The zero-order chi connectivity index (χ0) is 35.7. The first-order valence-corrected chi connectivity index (χ1v) is 17.0. The Balaban J connectivity index is 0.916. The van der Waals surface area contributed by atoms with Crippen molar-refractivity contribution in [3.8, 4) is 11.8 Å². The van der Waals surface area contributed by atoms with E-state index in [-0.39, 0.29) is 47.2 Å². The largest absolute Gasteiger partial charge is 0.416 e. The Morgan fingerprint density at radius 1 is 1.10 bits per heavy atom. The van der Waals surface area contributed by atoms with Crippen LogP contribution in [-0.4, -0.2) is 57.4 Å². The number of hydrogen-bond donors (Lipinski definition) is 2. The monoisotopic (exact) mass is 714 g/mol. The van der Waals surface area contributed by atoms with E-state index in [1.165, 1.54) is 4.90 Å². The molecule has 4 aliphatic rings. The molecule has 3 aliphatic heterocycles. The van der Waals surface area contributed by atoms with Crippen LogP contribution in [0.1, 0.15) is 59.2 Å². The van der Waals surface area contributed by atoms with Gasteiger partial charge in [0.25, 0.3) is 11.8 Å². The van der Waals surface area contributed by atoms with Gasteiger partial charge in [-0.05, 0) is 62.1 Å². The summed E-state index contributed by atoms with van der Waals surface area (Å²) in [5, 5.41) is 10.9. The normalized spacial score (nSPS) is 20.0. The smallest absolute Gasteiger partial charge is 0.323 e. The number of hydrogen-bond acceptors (Lipinski definition) is 6. The van der Waals surface area contributed by atoms with Crippen molar-refractivity contribution in [2.45, 2.75) is 56.4 Å². The fourth-order valence-corrected chi connectivity index (χ4v) is 7.59. The van der Waals surface area contributed by atoms with Gasteiger partial charge in [-0.15, -0.1) is 0 Å². The van der Waals surface area contributed by atoms with E-state index < -0.39 is 29.2 Å². The minimum absolute atomic E-state index is 0.112. The van der Waals surface area contributed by atoms with Gasteiger partial charge in [0.15, 0.2) is 0 Å². The fourth-order valence-electron chi connectivity index (χ4n) is 7.36. The molecule has 1 atom stereocenters. The zero-order valence-electron chi connectivity index (χ0n) is 27.0. The molecule has 10 nitrogen and oxygen atoms in total. The van der Waals surface area contributed by atoms with Gasteiger partial charge in [0.2, 0.25) is 11.8 Å². The minimum atomic E-state index is -4.54. The average Bonchev–Trinajstić information content (AvgIpc) is 3.62. The number of benzene rings is 3. The molecule has 51 heavy (non-hydrogen) atoms. The lowest BCUT2D eigenvalue weighted by Crippen LogP contribution is -2.53. The molecule has 0 spiro atoms. The first kappa shape index (κ1) is 33.0. The molecule has 2 N–H and O–H groups in total. The number of rotatable bonds is 6. The molecule has 3 fully saturated rings. The lowest BCUT2D eigenvalue weighted by molar-refractivity contribution is -0.137. The van der Waals surface area contributed by atoms with Crippen LogP contribution in [0.25, 0.3) is 10.8 Å². The van der Waals surface area contributed by atoms with Gasteiger partial charge in [0.1, 0.15) is 11.6 Å². The molecule has 4 heterocycles. The van der Waals surface area contributed by atoms with E-state index in [4.69, 9.17) is 11.6 Å². The van der Waals surface area contributed by atoms with E-state index in [9.17, 15) is 32.3 Å². The van der Waals surface area contributed by atoms with Crippen molar-refractivity contribution >= 4 is 57.4 Å². The van der Waals surface area contributed by atoms with Crippen LogP contribution in [0.3, 0.4) is 0 Å². The molecule has 3 aromatic carbocycles. The number of nitrogens with one attached hydrogen (secondary N) is 2. The Hall–Kier alpha value is -5.19. The van der Waals surface area contributed by atoms with E-state index in [0.29, 0.717) is 30.6 Å². The molecule has 1 aliphatic carbocycles. The Bertz CT molecular complexity index is 2210. The van der Waals surface area contributed by atoms with Gasteiger partial charge in [-0.2, -0.15) is 18.3 Å². The first-order chi connectivity index (χ1) is 24.4. The number of halogens is 4. The van der Waals surface area contributed by atoms with Crippen molar-refractivity contribution in [1.82, 2.24) is 20.0 Å². The van der Waals surface area contributed by atoms with Crippen LogP contribution in [0.4, 0.5) is 24.5 Å². The maximum atomic E-state index is 13.4. The summed E-state index contributed by atoms with van der Waals surface area (Å²) in [7, 11) is 0. The maximum Gasteiger partial charge on any atom is 0.416 e. The number of likely N-dealkylation sites (tertiary alicyclic amines) is 1. The number of nitrogens with zero attached hydrogens (tertiary/aromatic N) is 4. The van der Waals surface area contributed by atoms with Gasteiger partial charge in [0, 0.05) is 65.6 Å². The Labute approximate surface area is 294 Å². The second kappa shape index (κ2) is 12.2. The highest BCUT2D eigenvalue weighted by atomic mass is 35.5. The number of alkyl halides is 3. The van der Waals surface area contributed by atoms with Gasteiger partial charge >= 0.3 is 6.18 Å². The van der Waals surface area contributed by atoms with Gasteiger partial charge in [0.05, 0.1) is 28.2 Å². The first-order valence-electron chi connectivity index (χ1n) is 16.6. The number of carbonyl (C=O) groups excluding carboxylic acids is 4. The molecule has 4 amide bonds. The van der Waals surface area contributed by atoms with E-state index in [1.807, 2.05) is 30.5 Å². The van der Waals surface area contributed by atoms with Crippen molar-refractivity contribution in [2.75, 3.05) is 23.3 Å². The van der Waals surface area contributed by atoms with Gasteiger partial charge in [-0.25, -0.2) is 0 Å². The SMILES string of the molecule is O=C1CCC(N2C(=O)c3cccc4c(C#CC5CN(Cc6cnn(C7(C(=O)Nc8ccc(C(F)(F)F)cc8Cl)CCC7)c6)C5)ccc2c34)C(=O)N1. The molecule has 1 unspecified atom stereocenters. The van der Waals surface area contributed by atoms with Gasteiger partial charge < -0.3 is 5.32 Å². The van der Waals surface area contributed by atoms with Crippen LogP contribution >= 0.6 is 11.6 Å². The minimum Gasteiger partial charge on any atom is -0.323 e. The highest BCUT2D eigenvalue weighted by Gasteiger charge is 2.47. The van der Waals surface area contributed by atoms with Crippen LogP contribution in [0.15, 0.2) is 60.9 Å². The lowest BCUT2D eigenvalue weighted by atomic mass is 9.76. The number of carbonyl (C=O) groups is 4. The van der Waals surface area contributed by atoms with Crippen LogP contribution < -0.4 is 15.5 Å². The molecule has 0 bridgehead atoms. The number of amides is 4. The topological polar surface area (TPSA) is 117 Å². The summed E-state index contributed by atoms with van der Waals surface area (Å²) in [5.74, 6) is 5.35. The van der Waals surface area contributed by atoms with Gasteiger partial charge in [-0.3, -0.25) is 39.0 Å². The maximum absolute atomic E-state index is 13.4. The number of piperidine rings is 1. The van der Waals surface area contributed by atoms with Crippen molar-refractivity contribution < 1.29 is 32.3 Å². The average molecular weight is 715 g/mol. The van der Waals surface area contributed by atoms with Crippen LogP contribution in [0.2, 0.25) is 5.02 Å². The summed E-state index contributed by atoms with van der Waals surface area (Å²) < 4.78 is 40.8. The molecular weight excluding hydrogens is 685 g/mol. The molecular formula is C37H30ClF3N6O4. The number of anilines is 2. The molecule has 2 saturated heterocycles. The molecule has 0 radical (unpaired) electrons. The van der Waals surface area contributed by atoms with Crippen molar-refractivity contribution in [3.63, 3.8) is 0 Å². The van der Waals surface area contributed by atoms with Crippen LogP contribution in [-0.2, 0) is 32.6 Å². The molecule has 1 aromatic heterocycles. The standard InChI is InChI=1S/C37H30ClF3N6O4/c38-27-15-24(37(39,40)41)8-9-28(27)43-35(51)36(13-2-14-36)46-20-22(16-42-46)19-45-17-21(18-45)5-6-23-7-10-29-32-25(23)3-1-4-26(32)34(50)47(29)30-11-12-31(48)44-33(30)49/h1,3-4,7-10,15-16,20-21,30H,2,11-14,17-19H2,(H,43,51)(H,44,48,49). The Morgan fingerprint density at radius 2 is 1.90 bits per heavy atom. The summed E-state index contributed by atoms with van der Waals surface area (Å²) in [6.45, 7) is 2.08. The third-order valence-electron chi connectivity index (χ3n) is 10.2. The summed E-state index contributed by atoms with van der Waals surface area (Å²) in [6.07, 6.45) is 1.36. The highest BCUT2D eigenvalue weighted by Crippen LogP contribution is 2.42. The number of aromatic nitrogens is 2. The van der Waals surface area contributed by atoms with Crippen molar-refractivity contribution in [3.05, 3.63) is 88.2 Å².